The summed E-state index contributed by atoms with van der Waals surface area (Å²) < 4.78 is 4.80. The largest absolute Gasteiger partial charge is 0.466 e. The van der Waals surface area contributed by atoms with Crippen LogP contribution in [0.25, 0.3) is 0 Å². The molecule has 0 aromatic rings. The first kappa shape index (κ1) is 14.0. The third-order valence-electron chi connectivity index (χ3n) is 3.51. The van der Waals surface area contributed by atoms with Gasteiger partial charge in [0.1, 0.15) is 0 Å². The molecule has 0 saturated heterocycles. The predicted molar refractivity (Wildman–Crippen MR) is 65.4 cm³/mol. The molecule has 1 N–H and O–H groups in total. The van der Waals surface area contributed by atoms with Gasteiger partial charge in [0.05, 0.1) is 13.0 Å². The standard InChI is InChI=1S/C13H23NO3/c1-4-17-11(15)7-9-14-12(16)10-6-5-8-13(10,2)3/h10H,4-9H2,1-3H3,(H,14,16). The van der Waals surface area contributed by atoms with Crippen molar-refractivity contribution in [1.82, 2.24) is 5.32 Å². The average Bonchev–Trinajstić information content (AvgIpc) is 2.58. The summed E-state index contributed by atoms with van der Waals surface area (Å²) in [5, 5.41) is 2.83. The van der Waals surface area contributed by atoms with Crippen molar-refractivity contribution in [2.75, 3.05) is 13.2 Å². The van der Waals surface area contributed by atoms with Gasteiger partial charge in [-0.1, -0.05) is 20.3 Å². The minimum Gasteiger partial charge on any atom is -0.466 e. The Morgan fingerprint density at radius 3 is 2.65 bits per heavy atom. The molecule has 0 aromatic carbocycles. The van der Waals surface area contributed by atoms with Crippen molar-refractivity contribution in [3.05, 3.63) is 0 Å². The van der Waals surface area contributed by atoms with E-state index in [9.17, 15) is 9.59 Å². The molecule has 1 fully saturated rings. The van der Waals surface area contributed by atoms with Crippen molar-refractivity contribution in [1.29, 1.82) is 0 Å². The Morgan fingerprint density at radius 2 is 2.12 bits per heavy atom. The van der Waals surface area contributed by atoms with Crippen molar-refractivity contribution in [3.8, 4) is 0 Å². The smallest absolute Gasteiger partial charge is 0.307 e. The van der Waals surface area contributed by atoms with Gasteiger partial charge in [0.2, 0.25) is 5.91 Å². The molecule has 1 amide bonds. The highest BCUT2D eigenvalue weighted by Crippen LogP contribution is 2.42. The van der Waals surface area contributed by atoms with Gasteiger partial charge in [0.15, 0.2) is 0 Å². The molecule has 17 heavy (non-hydrogen) atoms. The Balaban J connectivity index is 2.28. The van der Waals surface area contributed by atoms with Gasteiger partial charge in [-0.05, 0) is 25.2 Å². The van der Waals surface area contributed by atoms with E-state index < -0.39 is 0 Å². The zero-order valence-corrected chi connectivity index (χ0v) is 11.0. The Morgan fingerprint density at radius 1 is 1.41 bits per heavy atom. The molecule has 98 valence electrons. The first-order valence-electron chi connectivity index (χ1n) is 6.40. The SMILES string of the molecule is CCOC(=O)CCNC(=O)C1CCCC1(C)C. The summed E-state index contributed by atoms with van der Waals surface area (Å²) in [4.78, 5) is 23.0. The third-order valence-corrected chi connectivity index (χ3v) is 3.51. The van der Waals surface area contributed by atoms with Crippen molar-refractivity contribution >= 4 is 11.9 Å². The van der Waals surface area contributed by atoms with Gasteiger partial charge in [-0.25, -0.2) is 0 Å². The molecule has 1 unspecified atom stereocenters. The van der Waals surface area contributed by atoms with E-state index in [-0.39, 0.29) is 29.6 Å². The van der Waals surface area contributed by atoms with Gasteiger partial charge in [0, 0.05) is 12.5 Å². The second-order valence-corrected chi connectivity index (χ2v) is 5.28. The van der Waals surface area contributed by atoms with Crippen LogP contribution in [0.1, 0.15) is 46.5 Å². The molecule has 1 aliphatic carbocycles. The molecule has 0 bridgehead atoms. The molecule has 0 heterocycles. The van der Waals surface area contributed by atoms with E-state index in [0.29, 0.717) is 13.2 Å². The van der Waals surface area contributed by atoms with E-state index in [1.165, 1.54) is 0 Å². The predicted octanol–water partition coefficient (Wildman–Crippen LogP) is 1.88. The highest BCUT2D eigenvalue weighted by atomic mass is 16.5. The maximum Gasteiger partial charge on any atom is 0.307 e. The van der Waals surface area contributed by atoms with Gasteiger partial charge in [-0.2, -0.15) is 0 Å². The second-order valence-electron chi connectivity index (χ2n) is 5.28. The molecule has 0 aromatic heterocycles. The summed E-state index contributed by atoms with van der Waals surface area (Å²) >= 11 is 0. The van der Waals surface area contributed by atoms with Crippen LogP contribution in [0.15, 0.2) is 0 Å². The van der Waals surface area contributed by atoms with Gasteiger partial charge in [-0.3, -0.25) is 9.59 Å². The molecular weight excluding hydrogens is 218 g/mol. The molecule has 1 atom stereocenters. The monoisotopic (exact) mass is 241 g/mol. The van der Waals surface area contributed by atoms with Crippen LogP contribution >= 0.6 is 0 Å². The number of carbonyl (C=O) groups excluding carboxylic acids is 2. The van der Waals surface area contributed by atoms with Crippen LogP contribution in [-0.4, -0.2) is 25.0 Å². The number of esters is 1. The van der Waals surface area contributed by atoms with E-state index >= 15 is 0 Å². The van der Waals surface area contributed by atoms with Crippen molar-refractivity contribution in [2.45, 2.75) is 46.5 Å². The van der Waals surface area contributed by atoms with E-state index in [1.807, 2.05) is 0 Å². The Labute approximate surface area is 103 Å². The molecule has 1 rings (SSSR count). The highest BCUT2D eigenvalue weighted by Gasteiger charge is 2.38. The molecule has 1 aliphatic rings. The first-order chi connectivity index (χ1) is 7.97. The van der Waals surface area contributed by atoms with Crippen LogP contribution in [-0.2, 0) is 14.3 Å². The lowest BCUT2D eigenvalue weighted by Crippen LogP contribution is -2.37. The van der Waals surface area contributed by atoms with Crippen LogP contribution in [0.5, 0.6) is 0 Å². The fourth-order valence-corrected chi connectivity index (χ4v) is 2.46. The summed E-state index contributed by atoms with van der Waals surface area (Å²) in [5.74, 6) is -0.0834. The van der Waals surface area contributed by atoms with Crippen LogP contribution in [0.4, 0.5) is 0 Å². The Bertz CT molecular complexity index is 286. The summed E-state index contributed by atoms with van der Waals surface area (Å²) in [6.07, 6.45) is 3.43. The third kappa shape index (κ3) is 4.02. The van der Waals surface area contributed by atoms with Crippen LogP contribution in [0.3, 0.4) is 0 Å². The highest BCUT2D eigenvalue weighted by molar-refractivity contribution is 5.80. The molecular formula is C13H23NO3. The fourth-order valence-electron chi connectivity index (χ4n) is 2.46. The topological polar surface area (TPSA) is 55.4 Å². The molecule has 0 radical (unpaired) electrons. The minimum atomic E-state index is -0.251. The first-order valence-corrected chi connectivity index (χ1v) is 6.40. The lowest BCUT2D eigenvalue weighted by Gasteiger charge is -2.25. The van der Waals surface area contributed by atoms with Crippen LogP contribution in [0.2, 0.25) is 0 Å². The maximum atomic E-state index is 11.9. The molecule has 1 saturated carbocycles. The molecule has 0 aliphatic heterocycles. The number of carbonyl (C=O) groups is 2. The number of hydrogen-bond acceptors (Lipinski definition) is 3. The number of rotatable bonds is 5. The number of nitrogens with one attached hydrogen (secondary N) is 1. The summed E-state index contributed by atoms with van der Waals surface area (Å²) in [6.45, 7) is 6.81. The fraction of sp³-hybridized carbons (Fsp3) is 0.846. The van der Waals surface area contributed by atoms with Crippen molar-refractivity contribution in [2.24, 2.45) is 11.3 Å². The maximum absolute atomic E-state index is 11.9. The number of ether oxygens (including phenoxy) is 1. The quantitative estimate of drug-likeness (QED) is 0.748. The number of hydrogen-bond donors (Lipinski definition) is 1. The second kappa shape index (κ2) is 6.03. The normalized spacial score (nSPS) is 22.2. The molecule has 0 spiro atoms. The van der Waals surface area contributed by atoms with Gasteiger partial charge in [-0.15, -0.1) is 0 Å². The lowest BCUT2D eigenvalue weighted by molar-refractivity contribution is -0.143. The minimum absolute atomic E-state index is 0.0804. The van der Waals surface area contributed by atoms with E-state index in [1.54, 1.807) is 6.92 Å². The van der Waals surface area contributed by atoms with Gasteiger partial charge < -0.3 is 10.1 Å². The van der Waals surface area contributed by atoms with Crippen molar-refractivity contribution in [3.63, 3.8) is 0 Å². The molecule has 4 heteroatoms. The van der Waals surface area contributed by atoms with Crippen molar-refractivity contribution < 1.29 is 14.3 Å². The van der Waals surface area contributed by atoms with Gasteiger partial charge >= 0.3 is 5.97 Å². The lowest BCUT2D eigenvalue weighted by atomic mass is 9.81. The summed E-state index contributed by atoms with van der Waals surface area (Å²) in [7, 11) is 0. The van der Waals surface area contributed by atoms with Crippen LogP contribution < -0.4 is 5.32 Å². The van der Waals surface area contributed by atoms with Gasteiger partial charge in [0.25, 0.3) is 0 Å². The van der Waals surface area contributed by atoms with E-state index in [2.05, 4.69) is 19.2 Å². The molecule has 4 nitrogen and oxygen atoms in total. The average molecular weight is 241 g/mol. The Hall–Kier alpha value is -1.06. The summed E-state index contributed by atoms with van der Waals surface area (Å²) in [6, 6.07) is 0. The van der Waals surface area contributed by atoms with Crippen LogP contribution in [0, 0.1) is 11.3 Å². The van der Waals surface area contributed by atoms with E-state index in [4.69, 9.17) is 4.74 Å². The summed E-state index contributed by atoms with van der Waals surface area (Å²) in [5.41, 5.74) is 0.0913. The number of amides is 1. The van der Waals surface area contributed by atoms with E-state index in [0.717, 1.165) is 19.3 Å². The Kier molecular flexibility index (Phi) is 4.97. The zero-order chi connectivity index (χ0) is 12.9. The zero-order valence-electron chi connectivity index (χ0n) is 11.0.